The van der Waals surface area contributed by atoms with Crippen LogP contribution < -0.4 is 21.3 Å². The molecule has 0 atom stereocenters. The minimum absolute atomic E-state index is 0.0737. The van der Waals surface area contributed by atoms with Crippen LogP contribution in [-0.2, 0) is 6.42 Å². The third kappa shape index (κ3) is 8.82. The lowest BCUT2D eigenvalue weighted by molar-refractivity contribution is 0.0927. The Balaban J connectivity index is 1.05. The van der Waals surface area contributed by atoms with E-state index in [1.165, 1.54) is 19.3 Å². The van der Waals surface area contributed by atoms with Gasteiger partial charge in [0, 0.05) is 73.3 Å². The Labute approximate surface area is 276 Å². The molecule has 2 fully saturated rings. The Kier molecular flexibility index (Phi) is 10.5. The highest BCUT2D eigenvalue weighted by Crippen LogP contribution is 2.36. The van der Waals surface area contributed by atoms with Gasteiger partial charge in [-0.25, -0.2) is 4.79 Å². The molecule has 9 heteroatoms. The van der Waals surface area contributed by atoms with E-state index in [1.807, 2.05) is 66.7 Å². The van der Waals surface area contributed by atoms with E-state index in [2.05, 4.69) is 48.0 Å². The van der Waals surface area contributed by atoms with Gasteiger partial charge >= 0.3 is 6.03 Å². The molecule has 0 aliphatic carbocycles. The molecule has 47 heavy (non-hydrogen) atoms. The zero-order valence-corrected chi connectivity index (χ0v) is 26.6. The van der Waals surface area contributed by atoms with Crippen molar-refractivity contribution in [2.24, 2.45) is 5.41 Å². The van der Waals surface area contributed by atoms with E-state index >= 15 is 0 Å². The first-order valence-corrected chi connectivity index (χ1v) is 16.4. The Morgan fingerprint density at radius 1 is 0.872 bits per heavy atom. The van der Waals surface area contributed by atoms with Crippen molar-refractivity contribution in [2.45, 2.75) is 25.7 Å². The van der Waals surface area contributed by atoms with E-state index in [-0.39, 0.29) is 11.9 Å². The second kappa shape index (κ2) is 15.5. The van der Waals surface area contributed by atoms with Gasteiger partial charge in [0.15, 0.2) is 0 Å². The van der Waals surface area contributed by atoms with Gasteiger partial charge in [0.1, 0.15) is 0 Å². The van der Waals surface area contributed by atoms with Crippen LogP contribution in [0.5, 0.6) is 0 Å². The van der Waals surface area contributed by atoms with E-state index < -0.39 is 0 Å². The Hall–Kier alpha value is -5.04. The van der Waals surface area contributed by atoms with Crippen LogP contribution in [0.3, 0.4) is 0 Å². The van der Waals surface area contributed by atoms with Gasteiger partial charge in [0.2, 0.25) is 0 Å². The van der Waals surface area contributed by atoms with Crippen LogP contribution in [0.4, 0.5) is 10.5 Å². The molecule has 240 valence electrons. The number of hydrogen-bond donors (Lipinski definition) is 4. The number of nitrogens with one attached hydrogen (secondary N) is 4. The number of carbonyl (C=O) groups is 2. The van der Waals surface area contributed by atoms with Gasteiger partial charge in [-0.15, -0.1) is 0 Å². The van der Waals surface area contributed by atoms with Gasteiger partial charge in [-0.05, 0) is 122 Å². The number of aromatic nitrogens is 2. The topological polar surface area (TPSA) is 111 Å². The summed E-state index contributed by atoms with van der Waals surface area (Å²) in [6.07, 6.45) is 11.5. The standard InChI is InChI=1S/C38H41N7O2/c46-36(42-22-25-45-23-15-38(16-24-45)14-21-41-28-38)32-6-3-29(4-7-32)5-8-33-26-34(9-10-35(33)31-12-18-39-19-13-31)44-37(47)43-20-11-30-2-1-17-40-27-30/h1-4,6-7,9-10,12-13,17-19,26-27,41H,11,14-16,20-25,28H2,(H,42,46)(H2,43,44,47). The first kappa shape index (κ1) is 31.9. The molecule has 0 radical (unpaired) electrons. The van der Waals surface area contributed by atoms with Gasteiger partial charge in [-0.3, -0.25) is 14.8 Å². The highest BCUT2D eigenvalue weighted by atomic mass is 16.2. The van der Waals surface area contributed by atoms with E-state index in [9.17, 15) is 9.59 Å². The van der Waals surface area contributed by atoms with Crippen LogP contribution in [0.1, 0.15) is 46.3 Å². The monoisotopic (exact) mass is 627 g/mol. The summed E-state index contributed by atoms with van der Waals surface area (Å²) >= 11 is 0. The zero-order chi connectivity index (χ0) is 32.3. The highest BCUT2D eigenvalue weighted by molar-refractivity contribution is 5.94. The molecule has 3 amide bonds. The van der Waals surface area contributed by atoms with Gasteiger partial charge in [-0.1, -0.05) is 24.0 Å². The largest absolute Gasteiger partial charge is 0.351 e. The molecule has 2 aliphatic heterocycles. The molecule has 4 N–H and O–H groups in total. The van der Waals surface area contributed by atoms with E-state index in [0.717, 1.165) is 60.5 Å². The van der Waals surface area contributed by atoms with Gasteiger partial charge in [-0.2, -0.15) is 0 Å². The van der Waals surface area contributed by atoms with E-state index in [4.69, 9.17) is 0 Å². The number of anilines is 1. The second-order valence-electron chi connectivity index (χ2n) is 12.3. The predicted octanol–water partition coefficient (Wildman–Crippen LogP) is 4.71. The second-order valence-corrected chi connectivity index (χ2v) is 12.3. The van der Waals surface area contributed by atoms with Crippen LogP contribution in [0.2, 0.25) is 0 Å². The Bertz CT molecular complexity index is 1700. The highest BCUT2D eigenvalue weighted by Gasteiger charge is 2.36. The van der Waals surface area contributed by atoms with Crippen LogP contribution >= 0.6 is 0 Å². The summed E-state index contributed by atoms with van der Waals surface area (Å²) in [5, 5.41) is 12.4. The fraction of sp³-hybridized carbons (Fsp3) is 0.316. The number of rotatable bonds is 9. The molecule has 2 aromatic heterocycles. The number of amides is 3. The molecular weight excluding hydrogens is 586 g/mol. The van der Waals surface area contributed by atoms with Crippen molar-refractivity contribution in [3.8, 4) is 23.0 Å². The smallest absolute Gasteiger partial charge is 0.319 e. The molecule has 0 saturated carbocycles. The summed E-state index contributed by atoms with van der Waals surface area (Å²) in [5.41, 5.74) is 6.27. The maximum atomic E-state index is 12.8. The summed E-state index contributed by atoms with van der Waals surface area (Å²) in [6, 6.07) is 20.5. The summed E-state index contributed by atoms with van der Waals surface area (Å²) < 4.78 is 0. The molecule has 6 rings (SSSR count). The molecule has 4 heterocycles. The van der Waals surface area contributed by atoms with Crippen molar-refractivity contribution in [1.29, 1.82) is 0 Å². The quantitative estimate of drug-likeness (QED) is 0.200. The molecule has 0 bridgehead atoms. The lowest BCUT2D eigenvalue weighted by Gasteiger charge is -2.38. The minimum atomic E-state index is -0.288. The fourth-order valence-electron chi connectivity index (χ4n) is 6.30. The first-order chi connectivity index (χ1) is 23.1. The molecule has 2 aromatic carbocycles. The molecular formula is C38H41N7O2. The third-order valence-corrected chi connectivity index (χ3v) is 9.14. The maximum Gasteiger partial charge on any atom is 0.319 e. The van der Waals surface area contributed by atoms with Crippen molar-refractivity contribution in [2.75, 3.05) is 51.1 Å². The average Bonchev–Trinajstić information content (AvgIpc) is 3.57. The van der Waals surface area contributed by atoms with Crippen molar-refractivity contribution in [3.05, 3.63) is 114 Å². The fourth-order valence-corrected chi connectivity index (χ4v) is 6.30. The number of piperidine rings is 1. The summed E-state index contributed by atoms with van der Waals surface area (Å²) in [6.45, 7) is 6.51. The zero-order valence-electron chi connectivity index (χ0n) is 26.6. The summed E-state index contributed by atoms with van der Waals surface area (Å²) in [5.74, 6) is 6.45. The molecule has 9 nitrogen and oxygen atoms in total. The average molecular weight is 628 g/mol. The number of pyridine rings is 2. The van der Waals surface area contributed by atoms with E-state index in [0.29, 0.717) is 36.2 Å². The van der Waals surface area contributed by atoms with Crippen molar-refractivity contribution < 1.29 is 9.59 Å². The van der Waals surface area contributed by atoms with Gasteiger partial charge in [0.25, 0.3) is 5.91 Å². The van der Waals surface area contributed by atoms with Crippen LogP contribution in [0.25, 0.3) is 11.1 Å². The lowest BCUT2D eigenvalue weighted by atomic mass is 9.78. The number of carbonyl (C=O) groups excluding carboxylic acids is 2. The number of nitrogens with zero attached hydrogens (tertiary/aromatic N) is 3. The number of urea groups is 1. The first-order valence-electron chi connectivity index (χ1n) is 16.4. The molecule has 1 spiro atoms. The van der Waals surface area contributed by atoms with E-state index in [1.54, 1.807) is 24.8 Å². The van der Waals surface area contributed by atoms with Crippen molar-refractivity contribution in [1.82, 2.24) is 30.8 Å². The van der Waals surface area contributed by atoms with Crippen molar-refractivity contribution >= 4 is 17.6 Å². The lowest BCUT2D eigenvalue weighted by Crippen LogP contribution is -2.44. The van der Waals surface area contributed by atoms with Crippen LogP contribution in [-0.4, -0.2) is 72.6 Å². The number of hydrogen-bond acceptors (Lipinski definition) is 6. The maximum absolute atomic E-state index is 12.8. The molecule has 2 aliphatic rings. The molecule has 4 aromatic rings. The van der Waals surface area contributed by atoms with Crippen LogP contribution in [0, 0.1) is 17.3 Å². The Morgan fingerprint density at radius 2 is 1.70 bits per heavy atom. The minimum Gasteiger partial charge on any atom is -0.351 e. The van der Waals surface area contributed by atoms with Crippen LogP contribution in [0.15, 0.2) is 91.5 Å². The summed E-state index contributed by atoms with van der Waals surface area (Å²) in [4.78, 5) is 36.1. The Morgan fingerprint density at radius 3 is 2.45 bits per heavy atom. The van der Waals surface area contributed by atoms with Gasteiger partial charge in [0.05, 0.1) is 0 Å². The number of benzene rings is 2. The molecule has 2 saturated heterocycles. The van der Waals surface area contributed by atoms with Gasteiger partial charge < -0.3 is 26.2 Å². The van der Waals surface area contributed by atoms with Crippen molar-refractivity contribution in [3.63, 3.8) is 0 Å². The molecule has 0 unspecified atom stereocenters. The summed E-state index contributed by atoms with van der Waals surface area (Å²) in [7, 11) is 0. The third-order valence-electron chi connectivity index (χ3n) is 9.14. The predicted molar refractivity (Wildman–Crippen MR) is 185 cm³/mol. The SMILES string of the molecule is O=C(NCCc1cccnc1)Nc1ccc(-c2ccncc2)c(C#Cc2ccc(C(=O)NCCN3CCC4(CCNC4)CC3)cc2)c1. The normalized spacial score (nSPS) is 15.4. The number of likely N-dealkylation sites (tertiary alicyclic amines) is 1.